The fourth-order valence-corrected chi connectivity index (χ4v) is 4.55. The van der Waals surface area contributed by atoms with Gasteiger partial charge in [0.25, 0.3) is 0 Å². The molecule has 0 bridgehead atoms. The summed E-state index contributed by atoms with van der Waals surface area (Å²) in [6.07, 6.45) is -2.78. The van der Waals surface area contributed by atoms with Gasteiger partial charge >= 0.3 is 0 Å². The summed E-state index contributed by atoms with van der Waals surface area (Å²) in [6, 6.07) is 17.8. The summed E-state index contributed by atoms with van der Waals surface area (Å²) in [6.45, 7) is 0.138. The molecule has 4 atom stereocenters. The van der Waals surface area contributed by atoms with Gasteiger partial charge in [0.1, 0.15) is 24.6 Å². The van der Waals surface area contributed by atoms with Crippen LogP contribution in [0.25, 0.3) is 10.1 Å². The van der Waals surface area contributed by atoms with Gasteiger partial charge in [-0.3, -0.25) is 0 Å². The van der Waals surface area contributed by atoms with Gasteiger partial charge < -0.3 is 24.8 Å². The lowest BCUT2D eigenvalue weighted by atomic mass is 9.97. The molecule has 2 aromatic carbocycles. The molecule has 0 saturated carbocycles. The molecule has 27 heavy (non-hydrogen) atoms. The Hall–Kier alpha value is -1.96. The Balaban J connectivity index is 1.57. The molecule has 5 nitrogen and oxygen atoms in total. The molecule has 3 N–H and O–H groups in total. The molecule has 3 aromatic rings. The number of para-hydroxylation sites is 1. The predicted molar refractivity (Wildman–Crippen MR) is 104 cm³/mol. The van der Waals surface area contributed by atoms with E-state index in [1.54, 1.807) is 11.3 Å². The van der Waals surface area contributed by atoms with Crippen molar-refractivity contribution in [1.29, 1.82) is 0 Å². The van der Waals surface area contributed by atoms with Crippen molar-refractivity contribution in [3.05, 3.63) is 65.0 Å². The number of rotatable bonds is 5. The molecule has 0 aliphatic carbocycles. The smallest absolute Gasteiger partial charge is 0.119 e. The van der Waals surface area contributed by atoms with Gasteiger partial charge in [-0.25, -0.2) is 0 Å². The minimum Gasteiger partial charge on any atom is -0.489 e. The van der Waals surface area contributed by atoms with E-state index in [4.69, 9.17) is 9.47 Å². The summed E-state index contributed by atoms with van der Waals surface area (Å²) in [5.41, 5.74) is 1.08. The van der Waals surface area contributed by atoms with E-state index in [1.165, 1.54) is 0 Å². The van der Waals surface area contributed by atoms with Gasteiger partial charge in [0.15, 0.2) is 0 Å². The molecule has 2 unspecified atom stereocenters. The first-order valence-electron chi connectivity index (χ1n) is 8.97. The molecule has 2 heterocycles. The topological polar surface area (TPSA) is 79.2 Å². The average Bonchev–Trinajstić information content (AvgIpc) is 3.14. The standard InChI is InChI=1S/C21H22O5S/c22-11-18-21(24)16(23)10-17(26-18)20-9-15-13(5-4-8-19(15)27-20)12-25-14-6-2-1-3-7-14/h1-9,16-18,21-24H,10-12H2/t16?,17-,18?,21+/m1/s1. The monoisotopic (exact) mass is 386 g/mol. The van der Waals surface area contributed by atoms with Crippen LogP contribution in [0.4, 0.5) is 0 Å². The Morgan fingerprint density at radius 1 is 1.07 bits per heavy atom. The molecule has 6 heteroatoms. The predicted octanol–water partition coefficient (Wildman–Crippen LogP) is 3.02. The van der Waals surface area contributed by atoms with Crippen molar-refractivity contribution in [2.45, 2.75) is 37.4 Å². The quantitative estimate of drug-likeness (QED) is 0.628. The number of aliphatic hydroxyl groups is 3. The van der Waals surface area contributed by atoms with Crippen molar-refractivity contribution in [2.24, 2.45) is 0 Å². The highest BCUT2D eigenvalue weighted by Gasteiger charge is 2.37. The van der Waals surface area contributed by atoms with Crippen molar-refractivity contribution >= 4 is 21.4 Å². The van der Waals surface area contributed by atoms with Crippen LogP contribution >= 0.6 is 11.3 Å². The molecule has 0 spiro atoms. The molecule has 1 saturated heterocycles. The number of hydrogen-bond donors (Lipinski definition) is 3. The van der Waals surface area contributed by atoms with Crippen LogP contribution in [0.2, 0.25) is 0 Å². The average molecular weight is 386 g/mol. The third-order valence-electron chi connectivity index (χ3n) is 4.88. The number of aliphatic hydroxyl groups excluding tert-OH is 3. The molecule has 1 aliphatic heterocycles. The second kappa shape index (κ2) is 7.96. The number of hydrogen-bond acceptors (Lipinski definition) is 6. The van der Waals surface area contributed by atoms with Crippen LogP contribution in [-0.2, 0) is 11.3 Å². The molecular formula is C21H22O5S. The highest BCUT2D eigenvalue weighted by atomic mass is 32.1. The first-order valence-corrected chi connectivity index (χ1v) is 9.79. The Morgan fingerprint density at radius 3 is 2.67 bits per heavy atom. The van der Waals surface area contributed by atoms with Crippen LogP contribution < -0.4 is 4.74 Å². The van der Waals surface area contributed by atoms with Crippen molar-refractivity contribution in [3.63, 3.8) is 0 Å². The molecule has 142 valence electrons. The van der Waals surface area contributed by atoms with E-state index in [2.05, 4.69) is 6.07 Å². The Labute approximate surface area is 161 Å². The summed E-state index contributed by atoms with van der Waals surface area (Å²) in [5.74, 6) is 0.823. The van der Waals surface area contributed by atoms with Gasteiger partial charge in [-0.2, -0.15) is 0 Å². The molecule has 0 radical (unpaired) electrons. The summed E-state index contributed by atoms with van der Waals surface area (Å²) in [4.78, 5) is 0.974. The highest BCUT2D eigenvalue weighted by molar-refractivity contribution is 7.19. The van der Waals surface area contributed by atoms with E-state index in [-0.39, 0.29) is 12.7 Å². The van der Waals surface area contributed by atoms with Crippen molar-refractivity contribution in [3.8, 4) is 5.75 Å². The zero-order valence-corrected chi connectivity index (χ0v) is 15.5. The van der Waals surface area contributed by atoms with Gasteiger partial charge in [-0.15, -0.1) is 11.3 Å². The Morgan fingerprint density at radius 2 is 1.89 bits per heavy atom. The van der Waals surface area contributed by atoms with E-state index in [1.807, 2.05) is 48.5 Å². The Kier molecular flexibility index (Phi) is 5.43. The lowest BCUT2D eigenvalue weighted by molar-refractivity contribution is -0.180. The second-order valence-corrected chi connectivity index (χ2v) is 7.83. The molecule has 1 aliphatic rings. The molecule has 1 aromatic heterocycles. The lowest BCUT2D eigenvalue weighted by Crippen LogP contribution is -2.47. The second-order valence-electron chi connectivity index (χ2n) is 6.72. The van der Waals surface area contributed by atoms with E-state index in [9.17, 15) is 15.3 Å². The summed E-state index contributed by atoms with van der Waals surface area (Å²) in [7, 11) is 0. The summed E-state index contributed by atoms with van der Waals surface area (Å²) < 4.78 is 12.8. The highest BCUT2D eigenvalue weighted by Crippen LogP contribution is 2.39. The van der Waals surface area contributed by atoms with Gasteiger partial charge in [-0.05, 0) is 35.2 Å². The summed E-state index contributed by atoms with van der Waals surface area (Å²) >= 11 is 1.60. The van der Waals surface area contributed by atoms with E-state index < -0.39 is 18.3 Å². The number of thiophene rings is 1. The number of ether oxygens (including phenoxy) is 2. The maximum Gasteiger partial charge on any atom is 0.119 e. The first-order chi connectivity index (χ1) is 13.2. The van der Waals surface area contributed by atoms with Gasteiger partial charge in [0.2, 0.25) is 0 Å². The molecule has 1 fully saturated rings. The van der Waals surface area contributed by atoms with E-state index in [0.717, 1.165) is 26.3 Å². The third kappa shape index (κ3) is 3.85. The molecule has 4 rings (SSSR count). The van der Waals surface area contributed by atoms with E-state index in [0.29, 0.717) is 13.0 Å². The van der Waals surface area contributed by atoms with Gasteiger partial charge in [0, 0.05) is 16.0 Å². The number of benzene rings is 2. The van der Waals surface area contributed by atoms with Crippen molar-refractivity contribution in [1.82, 2.24) is 0 Å². The summed E-state index contributed by atoms with van der Waals surface area (Å²) in [5, 5.41) is 30.5. The van der Waals surface area contributed by atoms with Crippen molar-refractivity contribution < 1.29 is 24.8 Å². The van der Waals surface area contributed by atoms with Crippen LogP contribution in [-0.4, -0.2) is 40.2 Å². The zero-order chi connectivity index (χ0) is 18.8. The van der Waals surface area contributed by atoms with E-state index >= 15 is 0 Å². The first kappa shape index (κ1) is 18.4. The minimum atomic E-state index is -1.06. The van der Waals surface area contributed by atoms with Gasteiger partial charge in [-0.1, -0.05) is 30.3 Å². The largest absolute Gasteiger partial charge is 0.489 e. The SMILES string of the molecule is OCC1O[C@@H](c2cc3c(COc4ccccc4)cccc3s2)CC(O)[C@@H]1O. The van der Waals surface area contributed by atoms with Gasteiger partial charge in [0.05, 0.1) is 18.8 Å². The minimum absolute atomic E-state index is 0.306. The van der Waals surface area contributed by atoms with Crippen LogP contribution in [0.1, 0.15) is 23.0 Å². The molecular weight excluding hydrogens is 364 g/mol. The fourth-order valence-electron chi connectivity index (χ4n) is 3.39. The lowest BCUT2D eigenvalue weighted by Gasteiger charge is -2.35. The van der Waals surface area contributed by atoms with Crippen molar-refractivity contribution in [2.75, 3.05) is 6.61 Å². The maximum atomic E-state index is 10.1. The normalized spacial score (nSPS) is 25.6. The number of fused-ring (bicyclic) bond motifs is 1. The van der Waals surface area contributed by atoms with Crippen LogP contribution in [0, 0.1) is 0 Å². The maximum absolute atomic E-state index is 10.1. The zero-order valence-electron chi connectivity index (χ0n) is 14.7. The van der Waals surface area contributed by atoms with Crippen LogP contribution in [0.3, 0.4) is 0 Å². The fraction of sp³-hybridized carbons (Fsp3) is 0.333. The molecule has 0 amide bonds. The Bertz CT molecular complexity index is 894. The van der Waals surface area contributed by atoms with Crippen LogP contribution in [0.15, 0.2) is 54.6 Å². The van der Waals surface area contributed by atoms with Crippen LogP contribution in [0.5, 0.6) is 5.75 Å². The third-order valence-corrected chi connectivity index (χ3v) is 6.07.